The Balaban J connectivity index is 2.30. The maximum Gasteiger partial charge on any atom is -0.00295 e. The minimum absolute atomic E-state index is 1.19. The van der Waals surface area contributed by atoms with Gasteiger partial charge in [0, 0.05) is 0 Å². The fraction of sp³-hybridized carbons (Fsp3) is 0.0909. The molecule has 3 aromatic carbocycles. The summed E-state index contributed by atoms with van der Waals surface area (Å²) in [5.41, 5.74) is 9.13. The van der Waals surface area contributed by atoms with Crippen molar-refractivity contribution >= 4 is 22.4 Å². The van der Waals surface area contributed by atoms with Crippen molar-refractivity contribution in [3.05, 3.63) is 83.4 Å². The van der Waals surface area contributed by atoms with E-state index in [1.54, 1.807) is 0 Å². The van der Waals surface area contributed by atoms with Gasteiger partial charge < -0.3 is 0 Å². The summed E-state index contributed by atoms with van der Waals surface area (Å²) < 4.78 is 0. The lowest BCUT2D eigenvalue weighted by Gasteiger charge is -2.16. The second-order valence-corrected chi connectivity index (χ2v) is 5.99. The first-order valence-electron chi connectivity index (χ1n) is 7.67. The lowest BCUT2D eigenvalue weighted by atomic mass is 9.88. The highest BCUT2D eigenvalue weighted by molar-refractivity contribution is 6.11. The number of benzene rings is 3. The van der Waals surface area contributed by atoms with Crippen LogP contribution in [0.25, 0.3) is 33.5 Å². The van der Waals surface area contributed by atoms with E-state index in [0.29, 0.717) is 0 Å². The van der Waals surface area contributed by atoms with Crippen LogP contribution in [0.3, 0.4) is 0 Å². The third-order valence-electron chi connectivity index (χ3n) is 4.76. The largest absolute Gasteiger partial charge is 0.0984 e. The Labute approximate surface area is 131 Å². The first-order chi connectivity index (χ1) is 10.7. The lowest BCUT2D eigenvalue weighted by molar-refractivity contribution is 1.36. The Hall–Kier alpha value is -2.60. The summed E-state index contributed by atoms with van der Waals surface area (Å²) in [6.45, 7) is 8.46. The van der Waals surface area contributed by atoms with Gasteiger partial charge in [0.2, 0.25) is 0 Å². The van der Waals surface area contributed by atoms with Crippen molar-refractivity contribution in [2.45, 2.75) is 13.8 Å². The molecule has 0 nitrogen and oxygen atoms in total. The average molecular weight is 282 g/mol. The Morgan fingerprint density at radius 3 is 2.45 bits per heavy atom. The normalized spacial score (nSPS) is 12.5. The molecule has 0 aliphatic heterocycles. The SMILES string of the molecule is C=CC1=Cc2cccc3cc(C)c(C)c(c23)-c2ccccc21. The van der Waals surface area contributed by atoms with Crippen molar-refractivity contribution in [2.75, 3.05) is 0 Å². The van der Waals surface area contributed by atoms with E-state index in [0.717, 1.165) is 0 Å². The highest BCUT2D eigenvalue weighted by atomic mass is 14.2. The quantitative estimate of drug-likeness (QED) is 0.501. The zero-order valence-electron chi connectivity index (χ0n) is 13.0. The van der Waals surface area contributed by atoms with Crippen LogP contribution in [-0.2, 0) is 0 Å². The smallest absolute Gasteiger partial charge is 0.00295 e. The van der Waals surface area contributed by atoms with E-state index in [9.17, 15) is 0 Å². The summed E-state index contributed by atoms with van der Waals surface area (Å²) in [4.78, 5) is 0. The molecule has 0 amide bonds. The topological polar surface area (TPSA) is 0 Å². The molecule has 0 bridgehead atoms. The summed E-state index contributed by atoms with van der Waals surface area (Å²) in [6.07, 6.45) is 4.23. The van der Waals surface area contributed by atoms with E-state index >= 15 is 0 Å². The predicted octanol–water partition coefficient (Wildman–Crippen LogP) is 6.16. The Bertz CT molecular complexity index is 955. The Morgan fingerprint density at radius 1 is 0.909 bits per heavy atom. The molecule has 0 N–H and O–H groups in total. The van der Waals surface area contributed by atoms with Crippen LogP contribution in [-0.4, -0.2) is 0 Å². The van der Waals surface area contributed by atoms with Crippen molar-refractivity contribution in [2.24, 2.45) is 0 Å². The van der Waals surface area contributed by atoms with Crippen molar-refractivity contribution in [1.82, 2.24) is 0 Å². The summed E-state index contributed by atoms with van der Waals surface area (Å²) in [5, 5.41) is 2.67. The molecule has 3 aromatic rings. The average Bonchev–Trinajstić information content (AvgIpc) is 2.68. The molecule has 0 spiro atoms. The van der Waals surface area contributed by atoms with Gasteiger partial charge in [-0.3, -0.25) is 0 Å². The minimum Gasteiger partial charge on any atom is -0.0984 e. The molecule has 0 heterocycles. The maximum absolute atomic E-state index is 4.02. The second kappa shape index (κ2) is 4.71. The van der Waals surface area contributed by atoms with E-state index in [-0.39, 0.29) is 0 Å². The highest BCUT2D eigenvalue weighted by Gasteiger charge is 2.19. The summed E-state index contributed by atoms with van der Waals surface area (Å²) >= 11 is 0. The molecule has 22 heavy (non-hydrogen) atoms. The van der Waals surface area contributed by atoms with Crippen molar-refractivity contribution in [1.29, 1.82) is 0 Å². The Kier molecular flexibility index (Phi) is 2.80. The van der Waals surface area contributed by atoms with E-state index in [1.807, 2.05) is 6.08 Å². The van der Waals surface area contributed by atoms with Gasteiger partial charge in [0.1, 0.15) is 0 Å². The fourth-order valence-electron chi connectivity index (χ4n) is 3.55. The fourth-order valence-corrected chi connectivity index (χ4v) is 3.55. The molecule has 106 valence electrons. The molecule has 0 fully saturated rings. The molecular weight excluding hydrogens is 264 g/mol. The van der Waals surface area contributed by atoms with E-state index < -0.39 is 0 Å². The molecule has 1 aliphatic rings. The second-order valence-electron chi connectivity index (χ2n) is 5.99. The Morgan fingerprint density at radius 2 is 1.68 bits per heavy atom. The molecule has 0 aromatic heterocycles. The third kappa shape index (κ3) is 1.70. The van der Waals surface area contributed by atoms with Gasteiger partial charge in [0.15, 0.2) is 0 Å². The minimum atomic E-state index is 1.19. The summed E-state index contributed by atoms with van der Waals surface area (Å²) in [6, 6.07) is 17.5. The van der Waals surface area contributed by atoms with Crippen molar-refractivity contribution in [3.63, 3.8) is 0 Å². The van der Waals surface area contributed by atoms with Gasteiger partial charge in [0.25, 0.3) is 0 Å². The van der Waals surface area contributed by atoms with Crippen LogP contribution in [0.1, 0.15) is 22.3 Å². The number of fused-ring (bicyclic) bond motifs is 2. The van der Waals surface area contributed by atoms with E-state index in [4.69, 9.17) is 0 Å². The predicted molar refractivity (Wildman–Crippen MR) is 96.9 cm³/mol. The number of rotatable bonds is 1. The van der Waals surface area contributed by atoms with Gasteiger partial charge in [-0.15, -0.1) is 0 Å². The van der Waals surface area contributed by atoms with Crippen LogP contribution in [0.5, 0.6) is 0 Å². The number of hydrogen-bond donors (Lipinski definition) is 0. The molecule has 4 rings (SSSR count). The van der Waals surface area contributed by atoms with Crippen molar-refractivity contribution < 1.29 is 0 Å². The summed E-state index contributed by atoms with van der Waals surface area (Å²) in [7, 11) is 0. The molecule has 0 unspecified atom stereocenters. The molecule has 0 saturated carbocycles. The molecule has 0 saturated heterocycles. The molecule has 0 radical (unpaired) electrons. The lowest BCUT2D eigenvalue weighted by Crippen LogP contribution is -1.93. The van der Waals surface area contributed by atoms with Crippen LogP contribution in [0.2, 0.25) is 0 Å². The first kappa shape index (κ1) is 13.1. The van der Waals surface area contributed by atoms with Gasteiger partial charge >= 0.3 is 0 Å². The molecule has 0 heteroatoms. The van der Waals surface area contributed by atoms with Crippen LogP contribution in [0.4, 0.5) is 0 Å². The van der Waals surface area contributed by atoms with Gasteiger partial charge in [0.05, 0.1) is 0 Å². The summed E-state index contributed by atoms with van der Waals surface area (Å²) in [5.74, 6) is 0. The number of allylic oxidation sites excluding steroid dienone is 2. The monoisotopic (exact) mass is 282 g/mol. The van der Waals surface area contributed by atoms with E-state index in [2.05, 4.69) is 75.0 Å². The third-order valence-corrected chi connectivity index (χ3v) is 4.76. The van der Waals surface area contributed by atoms with Gasteiger partial charge in [-0.05, 0) is 69.6 Å². The maximum atomic E-state index is 4.02. The van der Waals surface area contributed by atoms with Gasteiger partial charge in [-0.25, -0.2) is 0 Å². The molecule has 1 aliphatic carbocycles. The van der Waals surface area contributed by atoms with Crippen LogP contribution >= 0.6 is 0 Å². The van der Waals surface area contributed by atoms with Gasteiger partial charge in [-0.1, -0.05) is 61.2 Å². The van der Waals surface area contributed by atoms with Gasteiger partial charge in [-0.2, -0.15) is 0 Å². The standard InChI is InChI=1S/C22H18/c1-4-16-13-18-9-7-8-17-12-14(2)15(3)21(22(17)18)20-11-6-5-10-19(16)20/h4-13H,1H2,2-3H3. The van der Waals surface area contributed by atoms with Crippen molar-refractivity contribution in [3.8, 4) is 11.1 Å². The van der Waals surface area contributed by atoms with Crippen LogP contribution in [0, 0.1) is 13.8 Å². The molecular formula is C22H18. The number of hydrogen-bond acceptors (Lipinski definition) is 0. The van der Waals surface area contributed by atoms with Crippen LogP contribution in [0.15, 0.2) is 61.2 Å². The zero-order valence-corrected chi connectivity index (χ0v) is 13.0. The zero-order chi connectivity index (χ0) is 15.3. The number of aryl methyl sites for hydroxylation is 1. The van der Waals surface area contributed by atoms with Crippen LogP contribution < -0.4 is 0 Å². The first-order valence-corrected chi connectivity index (χ1v) is 7.67. The highest BCUT2D eigenvalue weighted by Crippen LogP contribution is 2.43. The van der Waals surface area contributed by atoms with E-state index in [1.165, 1.54) is 49.7 Å². The molecule has 0 atom stereocenters.